The molecule has 0 unspecified atom stereocenters. The summed E-state index contributed by atoms with van der Waals surface area (Å²) in [6.45, 7) is 9.41. The van der Waals surface area contributed by atoms with Gasteiger partial charge in [0.05, 0.1) is 10.6 Å². The molecular formula is C18H22N2O3S. The van der Waals surface area contributed by atoms with Gasteiger partial charge in [0.25, 0.3) is 5.91 Å². The van der Waals surface area contributed by atoms with Crippen LogP contribution in [0.3, 0.4) is 0 Å². The predicted octanol–water partition coefficient (Wildman–Crippen LogP) is 3.97. The molecule has 0 aliphatic rings. The highest BCUT2D eigenvalue weighted by Gasteiger charge is 2.19. The minimum atomic E-state index is -0.303. The first kappa shape index (κ1) is 18.1. The van der Waals surface area contributed by atoms with Gasteiger partial charge < -0.3 is 4.74 Å². The highest BCUT2D eigenvalue weighted by molar-refractivity contribution is 7.17. The van der Waals surface area contributed by atoms with E-state index in [1.54, 1.807) is 6.92 Å². The third kappa shape index (κ3) is 4.41. The maximum absolute atomic E-state index is 12.1. The lowest BCUT2D eigenvalue weighted by atomic mass is 9.86. The van der Waals surface area contributed by atoms with Gasteiger partial charge in [0.15, 0.2) is 17.5 Å². The smallest absolute Gasteiger partial charge is 0.264 e. The standard InChI is InChI=1S/C18H22N2O3S/c1-11-16(12(2)21)24-17(19-11)20-15(22)10-23-14-9-7-6-8-13(14)18(3,4)5/h6-9H,10H2,1-5H3,(H,19,20,22). The Balaban J connectivity index is 2.02. The normalized spacial score (nSPS) is 11.2. The summed E-state index contributed by atoms with van der Waals surface area (Å²) >= 11 is 1.18. The van der Waals surface area contributed by atoms with Crippen molar-refractivity contribution in [2.45, 2.75) is 40.0 Å². The van der Waals surface area contributed by atoms with Crippen molar-refractivity contribution in [3.05, 3.63) is 40.4 Å². The number of aryl methyl sites for hydroxylation is 1. The molecule has 1 aromatic carbocycles. The van der Waals surface area contributed by atoms with E-state index in [1.807, 2.05) is 24.3 Å². The highest BCUT2D eigenvalue weighted by atomic mass is 32.1. The van der Waals surface area contributed by atoms with Gasteiger partial charge in [0.2, 0.25) is 0 Å². The summed E-state index contributed by atoms with van der Waals surface area (Å²) < 4.78 is 5.68. The number of carbonyl (C=O) groups is 2. The minimum absolute atomic E-state index is 0.0548. The van der Waals surface area contributed by atoms with Crippen LogP contribution in [-0.4, -0.2) is 23.3 Å². The molecule has 0 aliphatic heterocycles. The second-order valence-corrected chi connectivity index (χ2v) is 7.57. The lowest BCUT2D eigenvalue weighted by Gasteiger charge is -2.22. The molecule has 0 radical (unpaired) electrons. The Morgan fingerprint density at radius 1 is 1.25 bits per heavy atom. The number of benzene rings is 1. The molecule has 0 saturated heterocycles. The molecule has 128 valence electrons. The van der Waals surface area contributed by atoms with Crippen LogP contribution in [0.2, 0.25) is 0 Å². The Morgan fingerprint density at radius 2 is 1.92 bits per heavy atom. The third-order valence-corrected chi connectivity index (χ3v) is 4.59. The number of nitrogens with one attached hydrogen (secondary N) is 1. The van der Waals surface area contributed by atoms with Crippen molar-refractivity contribution < 1.29 is 14.3 Å². The zero-order chi connectivity index (χ0) is 17.9. The lowest BCUT2D eigenvalue weighted by molar-refractivity contribution is -0.118. The van der Waals surface area contributed by atoms with E-state index in [4.69, 9.17) is 4.74 Å². The molecule has 1 N–H and O–H groups in total. The maximum Gasteiger partial charge on any atom is 0.264 e. The first-order valence-corrected chi connectivity index (χ1v) is 8.50. The molecule has 0 spiro atoms. The number of ketones is 1. The van der Waals surface area contributed by atoms with Crippen molar-refractivity contribution in [1.29, 1.82) is 0 Å². The van der Waals surface area contributed by atoms with Gasteiger partial charge in [-0.1, -0.05) is 50.3 Å². The number of para-hydroxylation sites is 1. The zero-order valence-corrected chi connectivity index (χ0v) is 15.4. The van der Waals surface area contributed by atoms with Crippen LogP contribution in [0.5, 0.6) is 5.75 Å². The first-order chi connectivity index (χ1) is 11.2. The van der Waals surface area contributed by atoms with Gasteiger partial charge in [-0.2, -0.15) is 0 Å². The molecular weight excluding hydrogens is 324 g/mol. The van der Waals surface area contributed by atoms with Gasteiger partial charge >= 0.3 is 0 Å². The van der Waals surface area contributed by atoms with Gasteiger partial charge in [-0.25, -0.2) is 4.98 Å². The van der Waals surface area contributed by atoms with E-state index in [0.717, 1.165) is 5.56 Å². The zero-order valence-electron chi connectivity index (χ0n) is 14.6. The SMILES string of the molecule is CC(=O)c1sc(NC(=O)COc2ccccc2C(C)(C)C)nc1C. The summed E-state index contributed by atoms with van der Waals surface area (Å²) in [5.41, 5.74) is 1.60. The molecule has 0 bridgehead atoms. The number of Topliss-reactive ketones (excluding diaryl/α,β-unsaturated/α-hetero) is 1. The van der Waals surface area contributed by atoms with Crippen molar-refractivity contribution in [3.8, 4) is 5.75 Å². The molecule has 0 atom stereocenters. The molecule has 1 heterocycles. The van der Waals surface area contributed by atoms with Crippen LogP contribution in [0.25, 0.3) is 0 Å². The number of anilines is 1. The van der Waals surface area contributed by atoms with Crippen molar-refractivity contribution in [2.75, 3.05) is 11.9 Å². The van der Waals surface area contributed by atoms with E-state index in [1.165, 1.54) is 18.3 Å². The van der Waals surface area contributed by atoms with Gasteiger partial charge in [-0.05, 0) is 24.0 Å². The molecule has 5 nitrogen and oxygen atoms in total. The number of aromatic nitrogens is 1. The van der Waals surface area contributed by atoms with Crippen LogP contribution in [0.15, 0.2) is 24.3 Å². The Bertz CT molecular complexity index is 760. The van der Waals surface area contributed by atoms with Crippen LogP contribution in [0.4, 0.5) is 5.13 Å². The van der Waals surface area contributed by atoms with E-state index in [0.29, 0.717) is 21.5 Å². The molecule has 0 aliphatic carbocycles. The predicted molar refractivity (Wildman–Crippen MR) is 96.1 cm³/mol. The van der Waals surface area contributed by atoms with Crippen molar-refractivity contribution in [2.24, 2.45) is 0 Å². The Morgan fingerprint density at radius 3 is 2.50 bits per heavy atom. The number of nitrogens with zero attached hydrogens (tertiary/aromatic N) is 1. The summed E-state index contributed by atoms with van der Waals surface area (Å²) in [5, 5.41) is 3.09. The monoisotopic (exact) mass is 346 g/mol. The van der Waals surface area contributed by atoms with E-state index >= 15 is 0 Å². The second-order valence-electron chi connectivity index (χ2n) is 6.57. The number of hydrogen-bond acceptors (Lipinski definition) is 5. The second kappa shape index (κ2) is 7.13. The van der Waals surface area contributed by atoms with E-state index in [2.05, 4.69) is 31.1 Å². The van der Waals surface area contributed by atoms with E-state index < -0.39 is 0 Å². The molecule has 1 amide bonds. The summed E-state index contributed by atoms with van der Waals surface area (Å²) in [6, 6.07) is 7.69. The number of rotatable bonds is 5. The van der Waals surface area contributed by atoms with Crippen LogP contribution < -0.4 is 10.1 Å². The number of hydrogen-bond donors (Lipinski definition) is 1. The minimum Gasteiger partial charge on any atom is -0.483 e. The molecule has 0 saturated carbocycles. The molecule has 1 aromatic heterocycles. The topological polar surface area (TPSA) is 68.3 Å². The Hall–Kier alpha value is -2.21. The van der Waals surface area contributed by atoms with Gasteiger partial charge in [0, 0.05) is 6.92 Å². The molecule has 2 aromatic rings. The van der Waals surface area contributed by atoms with Gasteiger partial charge in [-0.15, -0.1) is 0 Å². The fraction of sp³-hybridized carbons (Fsp3) is 0.389. The largest absolute Gasteiger partial charge is 0.483 e. The van der Waals surface area contributed by atoms with Gasteiger partial charge in [0.1, 0.15) is 5.75 Å². The number of amides is 1. The molecule has 6 heteroatoms. The van der Waals surface area contributed by atoms with Crippen LogP contribution in [0, 0.1) is 6.92 Å². The quantitative estimate of drug-likeness (QED) is 0.832. The first-order valence-electron chi connectivity index (χ1n) is 7.69. The average molecular weight is 346 g/mol. The summed E-state index contributed by atoms with van der Waals surface area (Å²) in [4.78, 5) is 28.3. The van der Waals surface area contributed by atoms with Gasteiger partial charge in [-0.3, -0.25) is 14.9 Å². The van der Waals surface area contributed by atoms with Crippen molar-refractivity contribution >= 4 is 28.2 Å². The highest BCUT2D eigenvalue weighted by Crippen LogP contribution is 2.31. The van der Waals surface area contributed by atoms with E-state index in [9.17, 15) is 9.59 Å². The van der Waals surface area contributed by atoms with E-state index in [-0.39, 0.29) is 23.7 Å². The molecule has 0 fully saturated rings. The summed E-state index contributed by atoms with van der Waals surface area (Å²) in [7, 11) is 0. The molecule has 24 heavy (non-hydrogen) atoms. The number of carbonyl (C=O) groups excluding carboxylic acids is 2. The molecule has 2 rings (SSSR count). The maximum atomic E-state index is 12.1. The van der Waals surface area contributed by atoms with Crippen molar-refractivity contribution in [1.82, 2.24) is 4.98 Å². The lowest BCUT2D eigenvalue weighted by Crippen LogP contribution is -2.21. The fourth-order valence-electron chi connectivity index (χ4n) is 2.29. The Kier molecular flexibility index (Phi) is 5.39. The number of ether oxygens (including phenoxy) is 1. The van der Waals surface area contributed by atoms with Crippen molar-refractivity contribution in [3.63, 3.8) is 0 Å². The Labute approximate surface area is 146 Å². The number of thiazole rings is 1. The van der Waals surface area contributed by atoms with Crippen LogP contribution in [-0.2, 0) is 10.2 Å². The third-order valence-electron chi connectivity index (χ3n) is 3.42. The summed E-state index contributed by atoms with van der Waals surface area (Å²) in [6.07, 6.45) is 0. The summed E-state index contributed by atoms with van der Waals surface area (Å²) in [5.74, 6) is 0.336. The average Bonchev–Trinajstić information content (AvgIpc) is 2.85. The van der Waals surface area contributed by atoms with Crippen LogP contribution >= 0.6 is 11.3 Å². The fourth-order valence-corrected chi connectivity index (χ4v) is 3.17. The van der Waals surface area contributed by atoms with Crippen LogP contribution in [0.1, 0.15) is 48.6 Å².